The van der Waals surface area contributed by atoms with Crippen LogP contribution in [0.5, 0.6) is 0 Å². The van der Waals surface area contributed by atoms with Gasteiger partial charge in [0.05, 0.1) is 5.69 Å². The van der Waals surface area contributed by atoms with Crippen LogP contribution >= 0.6 is 0 Å². The monoisotopic (exact) mass is 411 g/mol. The molecule has 0 saturated carbocycles. The van der Waals surface area contributed by atoms with Crippen molar-refractivity contribution in [2.75, 3.05) is 6.54 Å². The van der Waals surface area contributed by atoms with E-state index in [0.717, 1.165) is 16.8 Å². The Balaban J connectivity index is 2.00. The first-order chi connectivity index (χ1) is 13.7. The molecule has 0 radical (unpaired) electrons. The van der Waals surface area contributed by atoms with Crippen molar-refractivity contribution < 1.29 is 22.0 Å². The van der Waals surface area contributed by atoms with Crippen LogP contribution in [0, 0.1) is 0 Å². The Morgan fingerprint density at radius 2 is 1.90 bits per heavy atom. The van der Waals surface area contributed by atoms with E-state index in [9.17, 15) is 26.7 Å². The summed E-state index contributed by atoms with van der Waals surface area (Å²) in [4.78, 5) is 15.6. The lowest BCUT2D eigenvalue weighted by molar-refractivity contribution is -0.141. The molecule has 11 heteroatoms. The summed E-state index contributed by atoms with van der Waals surface area (Å²) in [6, 6.07) is 8.34. The topological polar surface area (TPSA) is 89.6 Å². The van der Waals surface area contributed by atoms with Crippen molar-refractivity contribution in [2.45, 2.75) is 12.6 Å². The maximum Gasteiger partial charge on any atom is 0.433 e. The maximum atomic E-state index is 12.9. The molecule has 29 heavy (non-hydrogen) atoms. The Bertz CT molecular complexity index is 1090. The standard InChI is InChI=1S/C18H14F5N5O/c19-16(20)12(8-24)7-15-26-27-17(29)28(15)13-3-1-2-10(6-13)11-4-5-14(25-9-11)18(21,22)23/h1-6,9H,7-8,24H2,(H,27,29). The molecule has 0 spiro atoms. The molecule has 3 rings (SSSR count). The van der Waals surface area contributed by atoms with Gasteiger partial charge in [-0.05, 0) is 23.8 Å². The average molecular weight is 411 g/mol. The van der Waals surface area contributed by atoms with Crippen LogP contribution in [0.1, 0.15) is 11.5 Å². The van der Waals surface area contributed by atoms with Gasteiger partial charge in [0.1, 0.15) is 11.5 Å². The lowest BCUT2D eigenvalue weighted by Crippen LogP contribution is -2.18. The summed E-state index contributed by atoms with van der Waals surface area (Å²) in [6.45, 7) is -0.402. The SMILES string of the molecule is NCC(Cc1n[nH]c(=O)n1-c1cccc(-c2ccc(C(F)(F)F)nc2)c1)=C(F)F. The van der Waals surface area contributed by atoms with Gasteiger partial charge >= 0.3 is 11.9 Å². The van der Waals surface area contributed by atoms with Crippen molar-refractivity contribution in [2.24, 2.45) is 5.73 Å². The molecule has 3 aromatic rings. The van der Waals surface area contributed by atoms with Gasteiger partial charge < -0.3 is 5.73 Å². The number of rotatable bonds is 5. The second-order valence-electron chi connectivity index (χ2n) is 6.01. The van der Waals surface area contributed by atoms with E-state index in [1.54, 1.807) is 18.2 Å². The first-order valence-corrected chi connectivity index (χ1v) is 8.24. The van der Waals surface area contributed by atoms with Crippen LogP contribution in [-0.2, 0) is 12.6 Å². The van der Waals surface area contributed by atoms with E-state index in [0.29, 0.717) is 16.8 Å². The summed E-state index contributed by atoms with van der Waals surface area (Å²) < 4.78 is 64.9. The molecule has 0 atom stereocenters. The van der Waals surface area contributed by atoms with Crippen LogP contribution in [0.3, 0.4) is 0 Å². The van der Waals surface area contributed by atoms with Crippen LogP contribution in [0.4, 0.5) is 22.0 Å². The minimum absolute atomic E-state index is 0.0194. The average Bonchev–Trinajstić information content (AvgIpc) is 3.05. The number of pyridine rings is 1. The minimum atomic E-state index is -4.56. The zero-order chi connectivity index (χ0) is 21.2. The predicted molar refractivity (Wildman–Crippen MR) is 94.4 cm³/mol. The minimum Gasteiger partial charge on any atom is -0.327 e. The summed E-state index contributed by atoms with van der Waals surface area (Å²) in [5.41, 5.74) is 4.42. The lowest BCUT2D eigenvalue weighted by Gasteiger charge is -2.10. The molecule has 0 amide bonds. The van der Waals surface area contributed by atoms with Crippen LogP contribution in [0.15, 0.2) is 59.0 Å². The normalized spacial score (nSPS) is 11.5. The van der Waals surface area contributed by atoms with Gasteiger partial charge in [-0.3, -0.25) is 4.98 Å². The molecule has 0 aliphatic rings. The number of aromatic amines is 1. The second-order valence-corrected chi connectivity index (χ2v) is 6.01. The van der Waals surface area contributed by atoms with Crippen molar-refractivity contribution in [3.8, 4) is 16.8 Å². The molecular weight excluding hydrogens is 397 g/mol. The third-order valence-corrected chi connectivity index (χ3v) is 4.12. The fourth-order valence-electron chi connectivity index (χ4n) is 2.68. The summed E-state index contributed by atoms with van der Waals surface area (Å²) in [7, 11) is 0. The van der Waals surface area contributed by atoms with Crippen molar-refractivity contribution in [3.63, 3.8) is 0 Å². The zero-order valence-electron chi connectivity index (χ0n) is 14.7. The third kappa shape index (κ3) is 4.40. The third-order valence-electron chi connectivity index (χ3n) is 4.12. The van der Waals surface area contributed by atoms with Crippen molar-refractivity contribution in [3.05, 3.63) is 76.3 Å². The molecule has 0 bridgehead atoms. The smallest absolute Gasteiger partial charge is 0.327 e. The maximum absolute atomic E-state index is 12.9. The molecular formula is C18H14F5N5O. The fraction of sp³-hybridized carbons (Fsp3) is 0.167. The van der Waals surface area contributed by atoms with Crippen LogP contribution in [0.2, 0.25) is 0 Å². The number of nitrogens with two attached hydrogens (primary N) is 1. The molecule has 0 unspecified atom stereocenters. The number of nitrogens with zero attached hydrogens (tertiary/aromatic N) is 3. The number of halogens is 5. The zero-order valence-corrected chi connectivity index (χ0v) is 14.7. The van der Waals surface area contributed by atoms with Gasteiger partial charge in [-0.1, -0.05) is 18.2 Å². The second kappa shape index (κ2) is 7.95. The van der Waals surface area contributed by atoms with Gasteiger partial charge in [-0.15, -0.1) is 0 Å². The van der Waals surface area contributed by atoms with Crippen LogP contribution in [-0.4, -0.2) is 26.3 Å². The highest BCUT2D eigenvalue weighted by Gasteiger charge is 2.32. The molecule has 0 aliphatic heterocycles. The van der Waals surface area contributed by atoms with E-state index in [-0.39, 0.29) is 17.8 Å². The molecule has 2 aromatic heterocycles. The van der Waals surface area contributed by atoms with Crippen LogP contribution < -0.4 is 11.4 Å². The van der Waals surface area contributed by atoms with Gasteiger partial charge in [-0.25, -0.2) is 14.5 Å². The van der Waals surface area contributed by atoms with E-state index in [2.05, 4.69) is 15.2 Å². The number of alkyl halides is 3. The number of hydrogen-bond donors (Lipinski definition) is 2. The van der Waals surface area contributed by atoms with E-state index >= 15 is 0 Å². The van der Waals surface area contributed by atoms with Crippen molar-refractivity contribution >= 4 is 0 Å². The molecule has 0 fully saturated rings. The van der Waals surface area contributed by atoms with E-state index in [1.807, 2.05) is 0 Å². The summed E-state index contributed by atoms with van der Waals surface area (Å²) in [5, 5.41) is 5.97. The first-order valence-electron chi connectivity index (χ1n) is 8.24. The van der Waals surface area contributed by atoms with E-state index in [1.165, 1.54) is 12.1 Å². The quantitative estimate of drug-likeness (QED) is 0.631. The van der Waals surface area contributed by atoms with Crippen molar-refractivity contribution in [1.29, 1.82) is 0 Å². The first kappa shape index (κ1) is 20.4. The molecule has 0 saturated heterocycles. The summed E-state index contributed by atoms with van der Waals surface area (Å²) in [5.74, 6) is 0.0194. The summed E-state index contributed by atoms with van der Waals surface area (Å²) in [6.07, 6.45) is -5.78. The fourth-order valence-corrected chi connectivity index (χ4v) is 2.68. The van der Waals surface area contributed by atoms with Gasteiger partial charge in [0.25, 0.3) is 6.08 Å². The van der Waals surface area contributed by atoms with Gasteiger partial charge in [0.15, 0.2) is 0 Å². The Labute approximate surface area is 160 Å². The molecule has 2 heterocycles. The lowest BCUT2D eigenvalue weighted by atomic mass is 10.1. The Kier molecular flexibility index (Phi) is 5.59. The highest BCUT2D eigenvalue weighted by atomic mass is 19.4. The summed E-state index contributed by atoms with van der Waals surface area (Å²) >= 11 is 0. The van der Waals surface area contributed by atoms with Gasteiger partial charge in [-0.2, -0.15) is 27.1 Å². The Morgan fingerprint density at radius 3 is 2.48 bits per heavy atom. The molecule has 152 valence electrons. The molecule has 1 aromatic carbocycles. The number of hydrogen-bond acceptors (Lipinski definition) is 4. The van der Waals surface area contributed by atoms with Gasteiger partial charge in [0.2, 0.25) is 0 Å². The largest absolute Gasteiger partial charge is 0.433 e. The van der Waals surface area contributed by atoms with Crippen molar-refractivity contribution in [1.82, 2.24) is 19.7 Å². The highest BCUT2D eigenvalue weighted by molar-refractivity contribution is 5.65. The van der Waals surface area contributed by atoms with Gasteiger partial charge in [0, 0.05) is 30.3 Å². The highest BCUT2D eigenvalue weighted by Crippen LogP contribution is 2.29. The molecule has 6 nitrogen and oxygen atoms in total. The Morgan fingerprint density at radius 1 is 1.14 bits per heavy atom. The molecule has 0 aliphatic carbocycles. The predicted octanol–water partition coefficient (Wildman–Crippen LogP) is 3.29. The Hall–Kier alpha value is -3.34. The van der Waals surface area contributed by atoms with Crippen LogP contribution in [0.25, 0.3) is 16.8 Å². The number of benzene rings is 1. The number of nitrogens with one attached hydrogen (secondary N) is 1. The number of H-pyrrole nitrogens is 1. The molecule has 3 N–H and O–H groups in total. The van der Waals surface area contributed by atoms with E-state index in [4.69, 9.17) is 5.73 Å². The number of aromatic nitrogens is 4. The van der Waals surface area contributed by atoms with E-state index < -0.39 is 30.2 Å².